The normalized spacial score (nSPS) is 11.9. The Balaban J connectivity index is 1.07. The zero-order chi connectivity index (χ0) is 40.0. The monoisotopic (exact) mass is 771 g/mol. The third-order valence-corrected chi connectivity index (χ3v) is 13.1. The summed E-state index contributed by atoms with van der Waals surface area (Å²) in [5, 5.41) is 20.4. The van der Waals surface area contributed by atoms with Crippen LogP contribution in [0.3, 0.4) is 0 Å². The van der Waals surface area contributed by atoms with Crippen LogP contribution in [-0.4, -0.2) is 0 Å². The van der Waals surface area contributed by atoms with Gasteiger partial charge in [0.25, 0.3) is 0 Å². The van der Waals surface area contributed by atoms with Crippen LogP contribution >= 0.6 is 0 Å². The number of hydrogen-bond donors (Lipinski definition) is 0. The van der Waals surface area contributed by atoms with E-state index in [1.54, 1.807) is 0 Å². The van der Waals surface area contributed by atoms with Crippen molar-refractivity contribution >= 4 is 103 Å². The fraction of sp³-hybridized carbons (Fsp3) is 0. The molecular weight excluding hydrogens is 735 g/mol. The molecule has 1 heteroatoms. The minimum atomic E-state index is 1.10. The van der Waals surface area contributed by atoms with Crippen molar-refractivity contribution < 1.29 is 0 Å². The van der Waals surface area contributed by atoms with Crippen molar-refractivity contribution in [2.24, 2.45) is 0 Å². The molecule has 0 spiro atoms. The van der Waals surface area contributed by atoms with E-state index in [1.807, 2.05) is 0 Å². The molecule has 1 nitrogen and oxygen atoms in total. The third-order valence-electron chi connectivity index (χ3n) is 13.1. The predicted molar refractivity (Wildman–Crippen MR) is 263 cm³/mol. The summed E-state index contributed by atoms with van der Waals surface area (Å²) < 4.78 is 0. The Morgan fingerprint density at radius 3 is 1.31 bits per heavy atom. The zero-order valence-corrected chi connectivity index (χ0v) is 33.3. The van der Waals surface area contributed by atoms with Crippen LogP contribution in [0, 0.1) is 0 Å². The van der Waals surface area contributed by atoms with Crippen molar-refractivity contribution in [3.63, 3.8) is 0 Å². The molecular formula is C60H37N. The Morgan fingerprint density at radius 1 is 0.213 bits per heavy atom. The molecule has 0 radical (unpaired) electrons. The lowest BCUT2D eigenvalue weighted by atomic mass is 9.87. The van der Waals surface area contributed by atoms with Crippen molar-refractivity contribution in [2.45, 2.75) is 0 Å². The summed E-state index contributed by atoms with van der Waals surface area (Å²) in [5.41, 5.74) is 8.17. The number of benzene rings is 12. The van der Waals surface area contributed by atoms with E-state index >= 15 is 0 Å². The van der Waals surface area contributed by atoms with E-state index in [0.717, 1.165) is 17.1 Å². The van der Waals surface area contributed by atoms with Gasteiger partial charge in [-0.3, -0.25) is 0 Å². The summed E-state index contributed by atoms with van der Waals surface area (Å²) >= 11 is 0. The predicted octanol–water partition coefficient (Wildman–Crippen LogP) is 17.2. The first-order valence-corrected chi connectivity index (χ1v) is 21.2. The van der Waals surface area contributed by atoms with Gasteiger partial charge in [0.1, 0.15) is 0 Å². The molecule has 282 valence electrons. The van der Waals surface area contributed by atoms with Crippen LogP contribution in [0.2, 0.25) is 0 Å². The Morgan fingerprint density at radius 2 is 0.656 bits per heavy atom. The number of anilines is 3. The molecule has 0 atom stereocenters. The van der Waals surface area contributed by atoms with Crippen molar-refractivity contribution in [2.75, 3.05) is 4.90 Å². The summed E-state index contributed by atoms with van der Waals surface area (Å²) in [6.45, 7) is 0. The lowest BCUT2D eigenvalue weighted by Gasteiger charge is -2.27. The molecule has 13 aromatic carbocycles. The molecule has 0 unspecified atom stereocenters. The topological polar surface area (TPSA) is 3.24 Å². The van der Waals surface area contributed by atoms with E-state index in [1.165, 1.54) is 108 Å². The lowest BCUT2D eigenvalue weighted by Crippen LogP contribution is -2.10. The number of nitrogens with zero attached hydrogens (tertiary/aromatic N) is 1. The molecule has 0 saturated heterocycles. The first kappa shape index (κ1) is 33.9. The highest BCUT2D eigenvalue weighted by Crippen LogP contribution is 2.46. The minimum absolute atomic E-state index is 1.10. The molecule has 0 saturated carbocycles. The largest absolute Gasteiger partial charge is 0.310 e. The van der Waals surface area contributed by atoms with Crippen molar-refractivity contribution in [3.05, 3.63) is 224 Å². The Kier molecular flexibility index (Phi) is 7.37. The summed E-state index contributed by atoms with van der Waals surface area (Å²) in [6, 6.07) is 83.4. The van der Waals surface area contributed by atoms with Gasteiger partial charge in [-0.2, -0.15) is 0 Å². The Hall–Kier alpha value is -8.00. The first-order valence-electron chi connectivity index (χ1n) is 21.2. The van der Waals surface area contributed by atoms with Crippen molar-refractivity contribution in [3.8, 4) is 22.3 Å². The van der Waals surface area contributed by atoms with E-state index in [9.17, 15) is 0 Å². The summed E-state index contributed by atoms with van der Waals surface area (Å²) in [5.74, 6) is 0. The average molecular weight is 772 g/mol. The molecule has 0 bridgehead atoms. The molecule has 0 aliphatic heterocycles. The quantitative estimate of drug-likeness (QED) is 0.158. The van der Waals surface area contributed by atoms with Gasteiger partial charge in [-0.25, -0.2) is 0 Å². The van der Waals surface area contributed by atoms with Crippen LogP contribution in [0.4, 0.5) is 17.1 Å². The maximum Gasteiger partial charge on any atom is 0.0474 e. The van der Waals surface area contributed by atoms with Gasteiger partial charge in [0.2, 0.25) is 0 Å². The number of rotatable bonds is 5. The fourth-order valence-corrected chi connectivity index (χ4v) is 10.3. The second kappa shape index (κ2) is 13.3. The summed E-state index contributed by atoms with van der Waals surface area (Å²) in [4.78, 5) is 2.44. The van der Waals surface area contributed by atoms with Gasteiger partial charge in [0.05, 0.1) is 0 Å². The van der Waals surface area contributed by atoms with Crippen LogP contribution in [0.5, 0.6) is 0 Å². The van der Waals surface area contributed by atoms with Gasteiger partial charge >= 0.3 is 0 Å². The highest BCUT2D eigenvalue weighted by Gasteiger charge is 2.20. The molecule has 13 rings (SSSR count). The molecule has 0 aliphatic carbocycles. The SMILES string of the molecule is c1ccc2cc(-c3ccc(N(c4ccc(-c5cccc6ccccc56)cc4)c4cc5ccc6cccc7c8cccc9ccc%10cccc(c(c4)c5c67)c%10c98)cc3)ccc2c1. The van der Waals surface area contributed by atoms with E-state index in [0.29, 0.717) is 0 Å². The van der Waals surface area contributed by atoms with Gasteiger partial charge in [-0.15, -0.1) is 0 Å². The Labute approximate surface area is 353 Å². The van der Waals surface area contributed by atoms with Gasteiger partial charge in [-0.05, 0) is 151 Å². The second-order valence-electron chi connectivity index (χ2n) is 16.5. The summed E-state index contributed by atoms with van der Waals surface area (Å²) in [7, 11) is 0. The molecule has 0 amide bonds. The van der Waals surface area contributed by atoms with E-state index in [2.05, 4.69) is 229 Å². The van der Waals surface area contributed by atoms with Crippen LogP contribution in [0.15, 0.2) is 224 Å². The molecule has 0 heterocycles. The molecule has 0 fully saturated rings. The maximum atomic E-state index is 2.45. The van der Waals surface area contributed by atoms with E-state index in [-0.39, 0.29) is 0 Å². The lowest BCUT2D eigenvalue weighted by molar-refractivity contribution is 1.29. The van der Waals surface area contributed by atoms with Crippen molar-refractivity contribution in [1.82, 2.24) is 0 Å². The van der Waals surface area contributed by atoms with Gasteiger partial charge < -0.3 is 4.90 Å². The molecule has 0 N–H and O–H groups in total. The van der Waals surface area contributed by atoms with Crippen LogP contribution in [0.25, 0.3) is 108 Å². The average Bonchev–Trinajstić information content (AvgIpc) is 3.33. The number of fused-ring (bicyclic) bond motifs is 4. The smallest absolute Gasteiger partial charge is 0.0474 e. The zero-order valence-electron chi connectivity index (χ0n) is 33.3. The first-order chi connectivity index (χ1) is 30.2. The molecule has 0 aliphatic rings. The molecule has 13 aromatic rings. The highest BCUT2D eigenvalue weighted by atomic mass is 15.1. The minimum Gasteiger partial charge on any atom is -0.310 e. The second-order valence-corrected chi connectivity index (χ2v) is 16.5. The van der Waals surface area contributed by atoms with Crippen LogP contribution in [-0.2, 0) is 0 Å². The molecule has 61 heavy (non-hydrogen) atoms. The van der Waals surface area contributed by atoms with Gasteiger partial charge in [0.15, 0.2) is 0 Å². The van der Waals surface area contributed by atoms with Crippen molar-refractivity contribution in [1.29, 1.82) is 0 Å². The van der Waals surface area contributed by atoms with Gasteiger partial charge in [0, 0.05) is 17.1 Å². The highest BCUT2D eigenvalue weighted by molar-refractivity contribution is 6.37. The maximum absolute atomic E-state index is 2.45. The van der Waals surface area contributed by atoms with Crippen LogP contribution < -0.4 is 4.90 Å². The van der Waals surface area contributed by atoms with E-state index in [4.69, 9.17) is 0 Å². The van der Waals surface area contributed by atoms with E-state index < -0.39 is 0 Å². The summed E-state index contributed by atoms with van der Waals surface area (Å²) in [6.07, 6.45) is 0. The third kappa shape index (κ3) is 5.27. The fourth-order valence-electron chi connectivity index (χ4n) is 10.3. The molecule has 0 aromatic heterocycles. The van der Waals surface area contributed by atoms with Gasteiger partial charge in [-0.1, -0.05) is 182 Å². The van der Waals surface area contributed by atoms with Crippen LogP contribution in [0.1, 0.15) is 0 Å². The standard InChI is InChI=1S/C60H37N/c1-2-11-45-35-46(25-21-38(45)9-1)39-27-31-48(32-28-39)61(49-33-29-41(30-34-49)52-17-5-12-40-10-3-4-16-51(40)52)50-36-47-26-24-44-14-7-19-54-53-18-6-13-42-22-23-43-15-8-20-55(59(43)57(42)53)56(37-50)60(47)58(44)54/h1-37H. The number of hydrogen-bond acceptors (Lipinski definition) is 1. The Bertz CT molecular complexity index is 3850.